The summed E-state index contributed by atoms with van der Waals surface area (Å²) in [5.41, 5.74) is 2.32. The molecule has 0 N–H and O–H groups in total. The maximum atomic E-state index is 12.9. The van der Waals surface area contributed by atoms with Crippen molar-refractivity contribution in [2.24, 2.45) is 5.92 Å². The predicted molar refractivity (Wildman–Crippen MR) is 112 cm³/mol. The zero-order chi connectivity index (χ0) is 19.2. The summed E-state index contributed by atoms with van der Waals surface area (Å²) in [4.78, 5) is 17.2. The van der Waals surface area contributed by atoms with Gasteiger partial charge in [0, 0.05) is 36.7 Å². The van der Waals surface area contributed by atoms with Gasteiger partial charge in [0.2, 0.25) is 5.91 Å². The Bertz CT molecular complexity index is 766. The number of piperidine rings is 1. The number of carbonyl (C=O) groups excluding carboxylic acids is 1. The minimum atomic E-state index is 0.0608. The fourth-order valence-corrected chi connectivity index (χ4v) is 4.17. The van der Waals surface area contributed by atoms with Gasteiger partial charge in [-0.15, -0.1) is 0 Å². The average molecular weight is 431 g/mol. The first-order chi connectivity index (χ1) is 13.1. The zero-order valence-corrected chi connectivity index (χ0v) is 17.6. The third-order valence-corrected chi connectivity index (χ3v) is 5.62. The van der Waals surface area contributed by atoms with Gasteiger partial charge in [-0.1, -0.05) is 46.3 Å². The van der Waals surface area contributed by atoms with Crippen LogP contribution in [0, 0.1) is 5.92 Å². The molecule has 0 aromatic heterocycles. The number of ether oxygens (including phenoxy) is 1. The number of hydrogen-bond donors (Lipinski definition) is 0. The zero-order valence-electron chi connectivity index (χ0n) is 16.0. The molecule has 0 spiro atoms. The maximum Gasteiger partial charge on any atom is 0.227 e. The Balaban J connectivity index is 1.62. The summed E-state index contributed by atoms with van der Waals surface area (Å²) in [6.45, 7) is 3.28. The van der Waals surface area contributed by atoms with Gasteiger partial charge in [0.15, 0.2) is 0 Å². The Hall–Kier alpha value is -1.85. The summed E-state index contributed by atoms with van der Waals surface area (Å²) >= 11 is 3.54. The van der Waals surface area contributed by atoms with Crippen molar-refractivity contribution in [2.45, 2.75) is 25.9 Å². The molecule has 5 heteroatoms. The van der Waals surface area contributed by atoms with Gasteiger partial charge in [-0.05, 0) is 43.1 Å². The molecule has 1 aliphatic rings. The van der Waals surface area contributed by atoms with E-state index in [1.807, 2.05) is 42.3 Å². The van der Waals surface area contributed by atoms with E-state index in [2.05, 4.69) is 39.0 Å². The Labute approximate surface area is 170 Å². The first-order valence-corrected chi connectivity index (χ1v) is 10.2. The highest BCUT2D eigenvalue weighted by atomic mass is 79.9. The fraction of sp³-hybridized carbons (Fsp3) is 0.409. The molecular weight excluding hydrogens is 404 g/mol. The van der Waals surface area contributed by atoms with Crippen molar-refractivity contribution in [3.63, 3.8) is 0 Å². The van der Waals surface area contributed by atoms with Crippen molar-refractivity contribution < 1.29 is 9.53 Å². The van der Waals surface area contributed by atoms with E-state index >= 15 is 0 Å². The van der Waals surface area contributed by atoms with Crippen LogP contribution in [0.2, 0.25) is 0 Å². The number of hydrogen-bond acceptors (Lipinski definition) is 3. The summed E-state index contributed by atoms with van der Waals surface area (Å²) in [6, 6.07) is 16.2. The SMILES string of the molecule is COc1ccc(Br)cc1CN1CCCC(C(=O)N(C)Cc2ccccc2)C1. The van der Waals surface area contributed by atoms with E-state index in [1.54, 1.807) is 7.11 Å². The molecule has 4 nitrogen and oxygen atoms in total. The van der Waals surface area contributed by atoms with E-state index in [1.165, 1.54) is 5.56 Å². The van der Waals surface area contributed by atoms with Crippen molar-refractivity contribution >= 4 is 21.8 Å². The number of amides is 1. The van der Waals surface area contributed by atoms with Crippen LogP contribution in [0.1, 0.15) is 24.0 Å². The quantitative estimate of drug-likeness (QED) is 0.683. The molecule has 1 fully saturated rings. The minimum absolute atomic E-state index is 0.0608. The number of rotatable bonds is 6. The Morgan fingerprint density at radius 1 is 1.26 bits per heavy atom. The van der Waals surface area contributed by atoms with E-state index < -0.39 is 0 Å². The predicted octanol–water partition coefficient (Wildman–Crippen LogP) is 4.33. The molecule has 0 radical (unpaired) electrons. The van der Waals surface area contributed by atoms with Gasteiger partial charge < -0.3 is 9.64 Å². The number of nitrogens with zero attached hydrogens (tertiary/aromatic N) is 2. The van der Waals surface area contributed by atoms with Crippen LogP contribution in [0.4, 0.5) is 0 Å². The third kappa shape index (κ3) is 5.33. The highest BCUT2D eigenvalue weighted by Gasteiger charge is 2.28. The molecule has 144 valence electrons. The lowest BCUT2D eigenvalue weighted by Gasteiger charge is -2.34. The molecule has 27 heavy (non-hydrogen) atoms. The van der Waals surface area contributed by atoms with Crippen LogP contribution in [-0.2, 0) is 17.9 Å². The van der Waals surface area contributed by atoms with Gasteiger partial charge in [0.05, 0.1) is 13.0 Å². The molecule has 0 saturated carbocycles. The first-order valence-electron chi connectivity index (χ1n) is 9.40. The number of benzene rings is 2. The molecule has 3 rings (SSSR count). The largest absolute Gasteiger partial charge is 0.496 e. The van der Waals surface area contributed by atoms with Gasteiger partial charge >= 0.3 is 0 Å². The average Bonchev–Trinajstić information content (AvgIpc) is 2.68. The van der Waals surface area contributed by atoms with Gasteiger partial charge in [-0.3, -0.25) is 9.69 Å². The van der Waals surface area contributed by atoms with Crippen LogP contribution in [0.15, 0.2) is 53.0 Å². The van der Waals surface area contributed by atoms with Crippen LogP contribution in [0.3, 0.4) is 0 Å². The molecule has 1 unspecified atom stereocenters. The second-order valence-corrected chi connectivity index (χ2v) is 8.13. The molecule has 0 aliphatic carbocycles. The normalized spacial score (nSPS) is 17.5. The topological polar surface area (TPSA) is 32.8 Å². The smallest absolute Gasteiger partial charge is 0.227 e. The summed E-state index contributed by atoms with van der Waals surface area (Å²) in [6.07, 6.45) is 2.01. The molecule has 2 aromatic rings. The number of halogens is 1. The van der Waals surface area contributed by atoms with Crippen molar-refractivity contribution in [3.8, 4) is 5.75 Å². The molecular formula is C22H27BrN2O2. The standard InChI is InChI=1S/C22H27BrN2O2/c1-24(14-17-7-4-3-5-8-17)22(26)18-9-6-12-25(15-18)16-19-13-20(23)10-11-21(19)27-2/h3-5,7-8,10-11,13,18H,6,9,12,14-16H2,1-2H3. The molecule has 1 heterocycles. The first kappa shape index (κ1) is 19.9. The van der Waals surface area contributed by atoms with E-state index in [9.17, 15) is 4.79 Å². The molecule has 1 aliphatic heterocycles. The Kier molecular flexibility index (Phi) is 6.91. The molecule has 2 aromatic carbocycles. The maximum absolute atomic E-state index is 12.9. The van der Waals surface area contributed by atoms with Gasteiger partial charge in [0.1, 0.15) is 5.75 Å². The van der Waals surface area contributed by atoms with Crippen molar-refractivity contribution in [1.82, 2.24) is 9.80 Å². The molecule has 1 atom stereocenters. The van der Waals surface area contributed by atoms with Crippen molar-refractivity contribution in [1.29, 1.82) is 0 Å². The van der Waals surface area contributed by atoms with Crippen molar-refractivity contribution in [3.05, 3.63) is 64.1 Å². The van der Waals surface area contributed by atoms with Crippen LogP contribution in [0.25, 0.3) is 0 Å². The van der Waals surface area contributed by atoms with E-state index in [-0.39, 0.29) is 11.8 Å². The summed E-state index contributed by atoms with van der Waals surface area (Å²) in [5, 5.41) is 0. The van der Waals surface area contributed by atoms with Gasteiger partial charge in [-0.2, -0.15) is 0 Å². The number of carbonyl (C=O) groups is 1. The summed E-state index contributed by atoms with van der Waals surface area (Å²) in [7, 11) is 3.61. The van der Waals surface area contributed by atoms with Crippen LogP contribution < -0.4 is 4.74 Å². The van der Waals surface area contributed by atoms with Gasteiger partial charge in [-0.25, -0.2) is 0 Å². The molecule has 0 bridgehead atoms. The summed E-state index contributed by atoms with van der Waals surface area (Å²) in [5.74, 6) is 1.20. The lowest BCUT2D eigenvalue weighted by Crippen LogP contribution is -2.43. The minimum Gasteiger partial charge on any atom is -0.496 e. The van der Waals surface area contributed by atoms with E-state index in [0.29, 0.717) is 6.54 Å². The van der Waals surface area contributed by atoms with E-state index in [0.717, 1.165) is 48.3 Å². The van der Waals surface area contributed by atoms with E-state index in [4.69, 9.17) is 4.74 Å². The third-order valence-electron chi connectivity index (χ3n) is 5.13. The van der Waals surface area contributed by atoms with Crippen LogP contribution in [-0.4, -0.2) is 43.0 Å². The second-order valence-electron chi connectivity index (χ2n) is 7.21. The molecule has 1 amide bonds. The molecule has 1 saturated heterocycles. The van der Waals surface area contributed by atoms with Crippen LogP contribution >= 0.6 is 15.9 Å². The Morgan fingerprint density at radius 2 is 2.04 bits per heavy atom. The second kappa shape index (κ2) is 9.38. The highest BCUT2D eigenvalue weighted by molar-refractivity contribution is 9.10. The Morgan fingerprint density at radius 3 is 2.78 bits per heavy atom. The van der Waals surface area contributed by atoms with Gasteiger partial charge in [0.25, 0.3) is 0 Å². The summed E-state index contributed by atoms with van der Waals surface area (Å²) < 4.78 is 6.54. The number of methoxy groups -OCH3 is 1. The number of likely N-dealkylation sites (tertiary alicyclic amines) is 1. The fourth-order valence-electron chi connectivity index (χ4n) is 3.76. The monoisotopic (exact) mass is 430 g/mol. The van der Waals surface area contributed by atoms with Crippen LogP contribution in [0.5, 0.6) is 5.75 Å². The lowest BCUT2D eigenvalue weighted by molar-refractivity contribution is -0.136. The lowest BCUT2D eigenvalue weighted by atomic mass is 9.96. The highest BCUT2D eigenvalue weighted by Crippen LogP contribution is 2.27. The van der Waals surface area contributed by atoms with Crippen molar-refractivity contribution in [2.75, 3.05) is 27.2 Å².